The number of rotatable bonds is 6. The number of amides is 1. The van der Waals surface area contributed by atoms with E-state index in [2.05, 4.69) is 9.97 Å². The fraction of sp³-hybridized carbons (Fsp3) is 0.368. The van der Waals surface area contributed by atoms with E-state index in [9.17, 15) is 14.7 Å². The summed E-state index contributed by atoms with van der Waals surface area (Å²) in [5, 5.41) is 9.95. The number of hydrogen-bond acceptors (Lipinski definition) is 5. The number of hydrogen-bond donors (Lipinski definition) is 1. The summed E-state index contributed by atoms with van der Waals surface area (Å²) in [7, 11) is 0. The Labute approximate surface area is 152 Å². The largest absolute Gasteiger partial charge is 0.479 e. The van der Waals surface area contributed by atoms with Gasteiger partial charge in [-0.15, -0.1) is 0 Å². The van der Waals surface area contributed by atoms with Crippen molar-refractivity contribution in [2.45, 2.75) is 45.9 Å². The van der Waals surface area contributed by atoms with Gasteiger partial charge in [-0.2, -0.15) is 0 Å². The van der Waals surface area contributed by atoms with E-state index in [0.717, 1.165) is 5.56 Å². The molecule has 0 aliphatic rings. The van der Waals surface area contributed by atoms with E-state index in [4.69, 9.17) is 4.74 Å². The fourth-order valence-electron chi connectivity index (χ4n) is 2.90. The van der Waals surface area contributed by atoms with Gasteiger partial charge in [0.2, 0.25) is 0 Å². The smallest absolute Gasteiger partial charge is 0.411 e. The summed E-state index contributed by atoms with van der Waals surface area (Å²) >= 11 is 0. The van der Waals surface area contributed by atoms with Gasteiger partial charge in [0.05, 0.1) is 11.4 Å². The average Bonchev–Trinajstić information content (AvgIpc) is 2.60. The van der Waals surface area contributed by atoms with Crippen LogP contribution in [0.5, 0.6) is 0 Å². The number of benzene rings is 1. The highest BCUT2D eigenvalue weighted by atomic mass is 16.6. The number of aromatic nitrogens is 2. The number of nitrogens with zero attached hydrogens (tertiary/aromatic N) is 3. The lowest BCUT2D eigenvalue weighted by molar-refractivity contribution is -0.152. The van der Waals surface area contributed by atoms with Gasteiger partial charge in [-0.1, -0.05) is 30.3 Å². The molecule has 7 heteroatoms. The predicted molar refractivity (Wildman–Crippen MR) is 95.4 cm³/mol. The van der Waals surface area contributed by atoms with Gasteiger partial charge in [-0.3, -0.25) is 14.9 Å². The van der Waals surface area contributed by atoms with Crippen LogP contribution in [0.1, 0.15) is 37.7 Å². The second kappa shape index (κ2) is 7.95. The lowest BCUT2D eigenvalue weighted by atomic mass is 9.92. The van der Waals surface area contributed by atoms with Crippen molar-refractivity contribution in [3.8, 4) is 0 Å². The number of carboxylic acid groups (broad SMARTS) is 1. The minimum atomic E-state index is -1.71. The van der Waals surface area contributed by atoms with Crippen LogP contribution in [-0.2, 0) is 21.7 Å². The average molecular weight is 357 g/mol. The first-order chi connectivity index (χ1) is 12.3. The van der Waals surface area contributed by atoms with Crippen LogP contribution in [0.2, 0.25) is 0 Å². The Bertz CT molecular complexity index is 779. The second-order valence-electron chi connectivity index (χ2n) is 6.37. The second-order valence-corrected chi connectivity index (χ2v) is 6.37. The molecule has 0 bridgehead atoms. The minimum absolute atomic E-state index is 0.0536. The number of carboxylic acids is 1. The van der Waals surface area contributed by atoms with Gasteiger partial charge in [0.25, 0.3) is 0 Å². The highest BCUT2D eigenvalue weighted by Gasteiger charge is 2.48. The lowest BCUT2D eigenvalue weighted by Gasteiger charge is -2.39. The van der Waals surface area contributed by atoms with Gasteiger partial charge in [-0.25, -0.2) is 9.59 Å². The summed E-state index contributed by atoms with van der Waals surface area (Å²) in [6.07, 6.45) is 2.17. The molecule has 26 heavy (non-hydrogen) atoms. The van der Waals surface area contributed by atoms with E-state index in [-0.39, 0.29) is 12.3 Å². The molecular formula is C19H23N3O4. The Balaban J connectivity index is 2.37. The van der Waals surface area contributed by atoms with E-state index >= 15 is 0 Å². The zero-order valence-electron chi connectivity index (χ0n) is 15.3. The van der Waals surface area contributed by atoms with Crippen molar-refractivity contribution >= 4 is 12.1 Å². The predicted octanol–water partition coefficient (Wildman–Crippen LogP) is 3.13. The van der Waals surface area contributed by atoms with Crippen LogP contribution in [0, 0.1) is 6.92 Å². The normalized spacial score (nSPS) is 13.1. The van der Waals surface area contributed by atoms with Crippen molar-refractivity contribution in [2.75, 3.05) is 0 Å². The molecule has 0 spiro atoms. The zero-order chi connectivity index (χ0) is 19.3. The third kappa shape index (κ3) is 3.82. The summed E-state index contributed by atoms with van der Waals surface area (Å²) < 4.78 is 5.38. The molecule has 0 aliphatic heterocycles. The monoisotopic (exact) mass is 357 g/mol. The van der Waals surface area contributed by atoms with E-state index in [1.54, 1.807) is 20.8 Å². The highest BCUT2D eigenvalue weighted by Crippen LogP contribution is 2.31. The van der Waals surface area contributed by atoms with Crippen molar-refractivity contribution < 1.29 is 19.4 Å². The van der Waals surface area contributed by atoms with Crippen LogP contribution in [0.4, 0.5) is 4.79 Å². The Morgan fingerprint density at radius 1 is 1.19 bits per heavy atom. The molecule has 1 N–H and O–H groups in total. The minimum Gasteiger partial charge on any atom is -0.479 e. The molecule has 7 nitrogen and oxygen atoms in total. The molecule has 0 saturated carbocycles. The molecular weight excluding hydrogens is 334 g/mol. The molecule has 1 atom stereocenters. The standard InChI is InChI=1S/C19H23N3O4/c1-13(2)22(18(25)26-12-15-8-6-5-7-9-15)19(4,17(23)24)16-14(3)20-10-11-21-16/h5-11,13H,12H2,1-4H3,(H,23,24). The van der Waals surface area contributed by atoms with Gasteiger partial charge in [-0.05, 0) is 33.3 Å². The summed E-state index contributed by atoms with van der Waals surface area (Å²) in [5.74, 6) is -1.20. The maximum Gasteiger partial charge on any atom is 0.411 e. The summed E-state index contributed by atoms with van der Waals surface area (Å²) in [4.78, 5) is 34.5. The van der Waals surface area contributed by atoms with Crippen molar-refractivity contribution in [1.82, 2.24) is 14.9 Å². The van der Waals surface area contributed by atoms with Crippen LogP contribution in [0.15, 0.2) is 42.7 Å². The first-order valence-electron chi connectivity index (χ1n) is 8.30. The maximum absolute atomic E-state index is 12.8. The van der Waals surface area contributed by atoms with Crippen molar-refractivity contribution in [1.29, 1.82) is 0 Å². The van der Waals surface area contributed by atoms with Crippen LogP contribution in [0.3, 0.4) is 0 Å². The first-order valence-corrected chi connectivity index (χ1v) is 8.30. The van der Waals surface area contributed by atoms with Gasteiger partial charge in [0.1, 0.15) is 6.61 Å². The Morgan fingerprint density at radius 3 is 2.35 bits per heavy atom. The topological polar surface area (TPSA) is 92.6 Å². The molecule has 0 radical (unpaired) electrons. The molecule has 0 aliphatic carbocycles. The Kier molecular flexibility index (Phi) is 5.92. The van der Waals surface area contributed by atoms with Gasteiger partial charge in [0, 0.05) is 18.4 Å². The molecule has 2 rings (SSSR count). The molecule has 1 aromatic carbocycles. The number of carbonyl (C=O) groups excluding carboxylic acids is 1. The summed E-state index contributed by atoms with van der Waals surface area (Å²) in [6.45, 7) is 6.62. The van der Waals surface area contributed by atoms with E-state index < -0.39 is 23.6 Å². The van der Waals surface area contributed by atoms with Crippen molar-refractivity contribution in [2.24, 2.45) is 0 Å². The molecule has 1 heterocycles. The maximum atomic E-state index is 12.8. The molecule has 0 saturated heterocycles. The number of carbonyl (C=O) groups is 2. The Morgan fingerprint density at radius 2 is 1.81 bits per heavy atom. The van der Waals surface area contributed by atoms with Crippen LogP contribution in [0.25, 0.3) is 0 Å². The third-order valence-electron chi connectivity index (χ3n) is 4.16. The van der Waals surface area contributed by atoms with Crippen LogP contribution >= 0.6 is 0 Å². The van der Waals surface area contributed by atoms with Crippen LogP contribution < -0.4 is 0 Å². The summed E-state index contributed by atoms with van der Waals surface area (Å²) in [5.41, 5.74) is -0.241. The van der Waals surface area contributed by atoms with Crippen molar-refractivity contribution in [3.63, 3.8) is 0 Å². The number of aliphatic carboxylic acids is 1. The third-order valence-corrected chi connectivity index (χ3v) is 4.16. The quantitative estimate of drug-likeness (QED) is 0.854. The molecule has 2 aromatic rings. The number of ether oxygens (including phenoxy) is 1. The molecule has 1 unspecified atom stereocenters. The highest BCUT2D eigenvalue weighted by molar-refractivity contribution is 5.85. The first kappa shape index (κ1) is 19.4. The summed E-state index contributed by atoms with van der Waals surface area (Å²) in [6, 6.07) is 8.78. The lowest BCUT2D eigenvalue weighted by Crippen LogP contribution is -2.56. The SMILES string of the molecule is Cc1nccnc1C(C)(C(=O)O)N(C(=O)OCc1ccccc1)C(C)C. The fourth-order valence-corrected chi connectivity index (χ4v) is 2.90. The molecule has 138 valence electrons. The Hall–Kier alpha value is -2.96. The molecule has 1 amide bonds. The van der Waals surface area contributed by atoms with Gasteiger partial charge < -0.3 is 9.84 Å². The molecule has 0 fully saturated rings. The van der Waals surface area contributed by atoms with Gasteiger partial charge >= 0.3 is 12.1 Å². The van der Waals surface area contributed by atoms with Gasteiger partial charge in [0.15, 0.2) is 5.54 Å². The molecule has 1 aromatic heterocycles. The zero-order valence-corrected chi connectivity index (χ0v) is 15.3. The van der Waals surface area contributed by atoms with E-state index in [1.165, 1.54) is 24.2 Å². The van der Waals surface area contributed by atoms with Crippen molar-refractivity contribution in [3.05, 3.63) is 59.7 Å². The van der Waals surface area contributed by atoms with Crippen LogP contribution in [-0.4, -0.2) is 38.1 Å². The van der Waals surface area contributed by atoms with E-state index in [0.29, 0.717) is 5.69 Å². The van der Waals surface area contributed by atoms with E-state index in [1.807, 2.05) is 30.3 Å². The number of aryl methyl sites for hydroxylation is 1.